The van der Waals surface area contributed by atoms with Crippen LogP contribution in [-0.2, 0) is 0 Å². The number of ether oxygens (including phenoxy) is 1. The molecule has 19 heavy (non-hydrogen) atoms. The highest BCUT2D eigenvalue weighted by molar-refractivity contribution is 5.85. The van der Waals surface area contributed by atoms with Crippen molar-refractivity contribution in [2.24, 2.45) is 11.7 Å². The Kier molecular flexibility index (Phi) is 6.45. The zero-order valence-corrected chi connectivity index (χ0v) is 11.4. The maximum Gasteiger partial charge on any atom is 0.573 e. The molecule has 0 aliphatic rings. The number of hydrogen-bond donors (Lipinski definition) is 2. The summed E-state index contributed by atoms with van der Waals surface area (Å²) in [5, 5.41) is 9.60. The Bertz CT molecular complexity index is 410. The van der Waals surface area contributed by atoms with Crippen molar-refractivity contribution in [3.8, 4) is 11.5 Å². The van der Waals surface area contributed by atoms with E-state index in [-0.39, 0.29) is 35.4 Å². The Hall–Kier alpha value is -1.14. The fraction of sp³-hybridized carbons (Fsp3) is 0.500. The number of halogens is 4. The van der Waals surface area contributed by atoms with Gasteiger partial charge in [-0.1, -0.05) is 13.8 Å². The van der Waals surface area contributed by atoms with E-state index in [9.17, 15) is 18.3 Å². The molecule has 3 N–H and O–H groups in total. The van der Waals surface area contributed by atoms with Gasteiger partial charge in [0.25, 0.3) is 0 Å². The van der Waals surface area contributed by atoms with Crippen LogP contribution in [0, 0.1) is 5.92 Å². The van der Waals surface area contributed by atoms with E-state index >= 15 is 0 Å². The fourth-order valence-corrected chi connectivity index (χ4v) is 1.66. The number of rotatable bonds is 4. The minimum Gasteiger partial charge on any atom is -0.508 e. The maximum atomic E-state index is 12.1. The van der Waals surface area contributed by atoms with Gasteiger partial charge in [-0.25, -0.2) is 0 Å². The quantitative estimate of drug-likeness (QED) is 0.890. The van der Waals surface area contributed by atoms with Crippen LogP contribution in [0.25, 0.3) is 0 Å². The lowest BCUT2D eigenvalue weighted by Gasteiger charge is -2.17. The molecule has 0 bridgehead atoms. The molecule has 1 aromatic carbocycles. The van der Waals surface area contributed by atoms with Crippen molar-refractivity contribution in [2.75, 3.05) is 0 Å². The van der Waals surface area contributed by atoms with Crippen molar-refractivity contribution < 1.29 is 23.0 Å². The fourth-order valence-electron chi connectivity index (χ4n) is 1.66. The van der Waals surface area contributed by atoms with E-state index in [0.717, 1.165) is 18.2 Å². The van der Waals surface area contributed by atoms with Crippen molar-refractivity contribution >= 4 is 12.4 Å². The van der Waals surface area contributed by atoms with E-state index in [1.807, 2.05) is 13.8 Å². The SMILES string of the molecule is CC(C)C[C@H](N)c1cc(OC(F)(F)F)ccc1O.Cl. The molecule has 0 saturated heterocycles. The van der Waals surface area contributed by atoms with Crippen LogP contribution in [0.2, 0.25) is 0 Å². The molecule has 0 aliphatic heterocycles. The van der Waals surface area contributed by atoms with Crippen molar-refractivity contribution in [1.82, 2.24) is 0 Å². The van der Waals surface area contributed by atoms with Gasteiger partial charge < -0.3 is 15.6 Å². The van der Waals surface area contributed by atoms with E-state index in [1.165, 1.54) is 0 Å². The third-order valence-electron chi connectivity index (χ3n) is 2.36. The topological polar surface area (TPSA) is 55.5 Å². The van der Waals surface area contributed by atoms with Crippen LogP contribution in [-0.4, -0.2) is 11.5 Å². The van der Waals surface area contributed by atoms with Gasteiger partial charge >= 0.3 is 6.36 Å². The van der Waals surface area contributed by atoms with E-state index in [4.69, 9.17) is 5.73 Å². The molecule has 1 aromatic rings. The number of nitrogens with two attached hydrogens (primary N) is 1. The van der Waals surface area contributed by atoms with Crippen LogP contribution in [0.4, 0.5) is 13.2 Å². The molecule has 0 amide bonds. The number of hydrogen-bond acceptors (Lipinski definition) is 3. The van der Waals surface area contributed by atoms with Gasteiger partial charge in [-0.15, -0.1) is 25.6 Å². The molecule has 1 atom stereocenters. The number of phenols is 1. The average Bonchev–Trinajstić information content (AvgIpc) is 2.17. The molecule has 7 heteroatoms. The minimum atomic E-state index is -4.75. The largest absolute Gasteiger partial charge is 0.573 e. The highest BCUT2D eigenvalue weighted by Crippen LogP contribution is 2.32. The highest BCUT2D eigenvalue weighted by Gasteiger charge is 2.31. The summed E-state index contributed by atoms with van der Waals surface area (Å²) < 4.78 is 40.0. The third-order valence-corrected chi connectivity index (χ3v) is 2.36. The molecular formula is C12H17ClF3NO2. The zero-order valence-electron chi connectivity index (χ0n) is 10.6. The van der Waals surface area contributed by atoms with Crippen molar-refractivity contribution in [2.45, 2.75) is 32.7 Å². The summed E-state index contributed by atoms with van der Waals surface area (Å²) in [5.41, 5.74) is 6.09. The molecular weight excluding hydrogens is 283 g/mol. The molecule has 110 valence electrons. The van der Waals surface area contributed by atoms with E-state index in [0.29, 0.717) is 6.42 Å². The van der Waals surface area contributed by atoms with Crippen LogP contribution in [0.5, 0.6) is 11.5 Å². The molecule has 0 spiro atoms. The summed E-state index contributed by atoms with van der Waals surface area (Å²) >= 11 is 0. The Morgan fingerprint density at radius 3 is 2.37 bits per heavy atom. The second kappa shape index (κ2) is 6.86. The van der Waals surface area contributed by atoms with Gasteiger partial charge in [0.05, 0.1) is 0 Å². The molecule has 0 saturated carbocycles. The third kappa shape index (κ3) is 6.02. The van der Waals surface area contributed by atoms with Crippen LogP contribution >= 0.6 is 12.4 Å². The first kappa shape index (κ1) is 17.9. The van der Waals surface area contributed by atoms with Crippen LogP contribution in [0.3, 0.4) is 0 Å². The molecule has 3 nitrogen and oxygen atoms in total. The van der Waals surface area contributed by atoms with Crippen LogP contribution in [0.15, 0.2) is 18.2 Å². The minimum absolute atomic E-state index is 0. The Balaban J connectivity index is 0.00000324. The second-order valence-corrected chi connectivity index (χ2v) is 4.50. The summed E-state index contributed by atoms with van der Waals surface area (Å²) in [4.78, 5) is 0. The van der Waals surface area contributed by atoms with Crippen LogP contribution < -0.4 is 10.5 Å². The molecule has 0 aromatic heterocycles. The van der Waals surface area contributed by atoms with Gasteiger partial charge in [-0.3, -0.25) is 0 Å². The number of benzene rings is 1. The lowest BCUT2D eigenvalue weighted by atomic mass is 9.97. The number of aromatic hydroxyl groups is 1. The predicted octanol–water partition coefficient (Wildman–Crippen LogP) is 3.76. The summed E-state index contributed by atoms with van der Waals surface area (Å²) in [6.07, 6.45) is -4.20. The summed E-state index contributed by atoms with van der Waals surface area (Å²) in [6, 6.07) is 2.79. The maximum absolute atomic E-state index is 12.1. The first-order chi connectivity index (χ1) is 8.19. The predicted molar refractivity (Wildman–Crippen MR) is 68.4 cm³/mol. The molecule has 0 unspecified atom stereocenters. The summed E-state index contributed by atoms with van der Waals surface area (Å²) in [7, 11) is 0. The summed E-state index contributed by atoms with van der Waals surface area (Å²) in [5.74, 6) is -0.237. The lowest BCUT2D eigenvalue weighted by Crippen LogP contribution is -2.18. The Labute approximate surface area is 116 Å². The van der Waals surface area contributed by atoms with Gasteiger partial charge in [0.1, 0.15) is 11.5 Å². The Morgan fingerprint density at radius 2 is 1.89 bits per heavy atom. The number of alkyl halides is 3. The van der Waals surface area contributed by atoms with Gasteiger partial charge in [-0.2, -0.15) is 0 Å². The monoisotopic (exact) mass is 299 g/mol. The normalized spacial score (nSPS) is 13.0. The first-order valence-corrected chi connectivity index (χ1v) is 5.53. The second-order valence-electron chi connectivity index (χ2n) is 4.50. The highest BCUT2D eigenvalue weighted by atomic mass is 35.5. The standard InChI is InChI=1S/C12H16F3NO2.ClH/c1-7(2)5-10(16)9-6-8(3-4-11(9)17)18-12(13,14)15;/h3-4,6-7,10,17H,5,16H2,1-2H3;1H/t10-;/m0./s1. The van der Waals surface area contributed by atoms with Gasteiger partial charge in [-0.05, 0) is 30.5 Å². The van der Waals surface area contributed by atoms with Gasteiger partial charge in [0, 0.05) is 11.6 Å². The van der Waals surface area contributed by atoms with Gasteiger partial charge in [0.15, 0.2) is 0 Å². The number of phenolic OH excluding ortho intramolecular Hbond substituents is 1. The van der Waals surface area contributed by atoms with Crippen molar-refractivity contribution in [1.29, 1.82) is 0 Å². The molecule has 0 aliphatic carbocycles. The van der Waals surface area contributed by atoms with E-state index in [2.05, 4.69) is 4.74 Å². The lowest BCUT2D eigenvalue weighted by molar-refractivity contribution is -0.274. The molecule has 1 rings (SSSR count). The zero-order chi connectivity index (χ0) is 13.9. The van der Waals surface area contributed by atoms with Crippen molar-refractivity contribution in [3.63, 3.8) is 0 Å². The Morgan fingerprint density at radius 1 is 1.32 bits per heavy atom. The average molecular weight is 300 g/mol. The molecule has 0 radical (unpaired) electrons. The molecule has 0 fully saturated rings. The molecule has 0 heterocycles. The van der Waals surface area contributed by atoms with Gasteiger partial charge in [0.2, 0.25) is 0 Å². The van der Waals surface area contributed by atoms with Crippen LogP contribution in [0.1, 0.15) is 31.9 Å². The smallest absolute Gasteiger partial charge is 0.508 e. The van der Waals surface area contributed by atoms with Crippen molar-refractivity contribution in [3.05, 3.63) is 23.8 Å². The van der Waals surface area contributed by atoms with E-state index < -0.39 is 12.4 Å². The first-order valence-electron chi connectivity index (χ1n) is 5.53. The van der Waals surface area contributed by atoms with E-state index in [1.54, 1.807) is 0 Å². The summed E-state index contributed by atoms with van der Waals surface area (Å²) in [6.45, 7) is 3.87.